The van der Waals surface area contributed by atoms with Crippen molar-refractivity contribution in [2.45, 2.75) is 42.9 Å². The van der Waals surface area contributed by atoms with Crippen LogP contribution in [0.3, 0.4) is 0 Å². The lowest BCUT2D eigenvalue weighted by Crippen LogP contribution is -2.35. The van der Waals surface area contributed by atoms with Crippen LogP contribution < -0.4 is 11.5 Å². The summed E-state index contributed by atoms with van der Waals surface area (Å²) in [6.07, 6.45) is -2.11. The molecular weight excluding hydrogens is 364 g/mol. The number of azo groups is 1. The Kier molecular flexibility index (Phi) is 5.67. The molecule has 0 radical (unpaired) electrons. The highest BCUT2D eigenvalue weighted by Crippen LogP contribution is 2.43. The van der Waals surface area contributed by atoms with Gasteiger partial charge >= 0.3 is 5.97 Å². The van der Waals surface area contributed by atoms with E-state index in [9.17, 15) is 15.0 Å². The van der Waals surface area contributed by atoms with E-state index in [2.05, 4.69) is 20.2 Å². The van der Waals surface area contributed by atoms with E-state index in [0.717, 1.165) is 0 Å². The molecule has 0 aromatic carbocycles. The molecule has 26 heavy (non-hydrogen) atoms. The van der Waals surface area contributed by atoms with Crippen LogP contribution in [0.15, 0.2) is 16.6 Å². The molecule has 0 bridgehead atoms. The Hall–Kier alpha value is -1.86. The Bertz CT molecular complexity index is 706. The van der Waals surface area contributed by atoms with Gasteiger partial charge < -0.3 is 31.5 Å². The molecule has 11 nitrogen and oxygen atoms in total. The highest BCUT2D eigenvalue weighted by atomic mass is 32.2. The second kappa shape index (κ2) is 7.80. The van der Waals surface area contributed by atoms with Crippen LogP contribution >= 0.6 is 11.8 Å². The first-order valence-corrected chi connectivity index (χ1v) is 9.14. The topological polar surface area (TPSA) is 190 Å². The molecule has 0 spiro atoms. The average Bonchev–Trinajstić information content (AvgIpc) is 3.15. The van der Waals surface area contributed by atoms with Gasteiger partial charge in [0.05, 0.1) is 6.10 Å². The first-order valence-electron chi connectivity index (χ1n) is 7.99. The smallest absolute Gasteiger partial charge is 0.320 e. The third kappa shape index (κ3) is 3.64. The normalized spacial score (nSPS) is 31.1. The number of rotatable bonds is 7. The summed E-state index contributed by atoms with van der Waals surface area (Å²) in [5.74, 6) is 0.0150. The zero-order valence-electron chi connectivity index (χ0n) is 13.7. The summed E-state index contributed by atoms with van der Waals surface area (Å²) in [4.78, 5) is 18.6. The van der Waals surface area contributed by atoms with Gasteiger partial charge in [-0.3, -0.25) is 4.79 Å². The zero-order valence-corrected chi connectivity index (χ0v) is 14.5. The standard InChI is InChI=1S/C14H20N6O5S/c15-5(14(23)24)1-2-26-3-6-10(21)11(22)12(25-6)8-7-9(20-19-8)13(16)18-4-17-7/h4-6,8,10-12,21-22H,1-3,15H2,(H,23,24)(H2,16,17,18)/t5?,6-,8-,10-,11-,12+/m1/s1. The van der Waals surface area contributed by atoms with E-state index in [0.29, 0.717) is 29.3 Å². The molecule has 142 valence electrons. The molecule has 0 saturated carbocycles. The molecule has 1 fully saturated rings. The van der Waals surface area contributed by atoms with E-state index in [4.69, 9.17) is 21.3 Å². The number of carboxylic acids is 1. The molecule has 1 saturated heterocycles. The number of carboxylic acid groups (broad SMARTS) is 1. The van der Waals surface area contributed by atoms with E-state index >= 15 is 0 Å². The van der Waals surface area contributed by atoms with Crippen LogP contribution in [0.5, 0.6) is 0 Å². The van der Waals surface area contributed by atoms with E-state index in [-0.39, 0.29) is 5.82 Å². The predicted molar refractivity (Wildman–Crippen MR) is 91.9 cm³/mol. The minimum Gasteiger partial charge on any atom is -0.480 e. The first kappa shape index (κ1) is 18.9. The number of nitrogen functional groups attached to an aromatic ring is 1. The summed E-state index contributed by atoms with van der Waals surface area (Å²) < 4.78 is 5.80. The van der Waals surface area contributed by atoms with Crippen molar-refractivity contribution in [2.75, 3.05) is 17.2 Å². The molecule has 1 unspecified atom stereocenters. The number of nitrogens with zero attached hydrogens (tertiary/aromatic N) is 4. The third-order valence-corrected chi connectivity index (χ3v) is 5.41. The minimum absolute atomic E-state index is 0.191. The van der Waals surface area contributed by atoms with Gasteiger partial charge in [0.25, 0.3) is 0 Å². The number of hydrogen-bond donors (Lipinski definition) is 5. The largest absolute Gasteiger partial charge is 0.480 e. The quantitative estimate of drug-likeness (QED) is 0.373. The first-order chi connectivity index (χ1) is 12.4. The van der Waals surface area contributed by atoms with Crippen LogP contribution in [0.4, 0.5) is 11.5 Å². The molecule has 0 amide bonds. The van der Waals surface area contributed by atoms with Crippen LogP contribution in [0.25, 0.3) is 0 Å². The lowest BCUT2D eigenvalue weighted by molar-refractivity contribution is -0.138. The van der Waals surface area contributed by atoms with Crippen molar-refractivity contribution < 1.29 is 24.9 Å². The lowest BCUT2D eigenvalue weighted by Gasteiger charge is -2.18. The maximum Gasteiger partial charge on any atom is 0.320 e. The van der Waals surface area contributed by atoms with E-state index in [1.165, 1.54) is 18.1 Å². The molecule has 2 aliphatic rings. The van der Waals surface area contributed by atoms with Crippen molar-refractivity contribution in [3.05, 3.63) is 12.0 Å². The fourth-order valence-corrected chi connectivity index (χ4v) is 3.93. The summed E-state index contributed by atoms with van der Waals surface area (Å²) in [5, 5.41) is 37.4. The molecule has 6 atom stereocenters. The van der Waals surface area contributed by atoms with Crippen molar-refractivity contribution in [3.63, 3.8) is 0 Å². The monoisotopic (exact) mass is 384 g/mol. The number of aliphatic carboxylic acids is 1. The van der Waals surface area contributed by atoms with Crippen LogP contribution in [0.2, 0.25) is 0 Å². The Morgan fingerprint density at radius 1 is 1.35 bits per heavy atom. The van der Waals surface area contributed by atoms with Crippen LogP contribution in [-0.4, -0.2) is 73.2 Å². The van der Waals surface area contributed by atoms with Crippen molar-refractivity contribution in [1.82, 2.24) is 9.97 Å². The molecule has 2 aliphatic heterocycles. The van der Waals surface area contributed by atoms with Gasteiger partial charge in [-0.15, -0.1) is 5.11 Å². The molecule has 3 heterocycles. The number of anilines is 1. The van der Waals surface area contributed by atoms with Gasteiger partial charge in [0.15, 0.2) is 11.5 Å². The molecule has 1 aromatic heterocycles. The molecule has 7 N–H and O–H groups in total. The van der Waals surface area contributed by atoms with Crippen LogP contribution in [0, 0.1) is 0 Å². The fourth-order valence-electron chi connectivity index (χ4n) is 2.83. The molecule has 0 aliphatic carbocycles. The number of aliphatic hydroxyl groups is 2. The summed E-state index contributed by atoms with van der Waals surface area (Å²) in [6, 6.07) is -1.59. The number of aliphatic hydroxyl groups excluding tert-OH is 2. The van der Waals surface area contributed by atoms with Crippen LogP contribution in [-0.2, 0) is 9.53 Å². The Balaban J connectivity index is 1.58. The van der Waals surface area contributed by atoms with Gasteiger partial charge in [-0.2, -0.15) is 16.9 Å². The highest BCUT2D eigenvalue weighted by molar-refractivity contribution is 7.99. The highest BCUT2D eigenvalue weighted by Gasteiger charge is 2.49. The summed E-state index contributed by atoms with van der Waals surface area (Å²) >= 11 is 1.40. The van der Waals surface area contributed by atoms with Crippen LogP contribution in [0.1, 0.15) is 18.2 Å². The molecular formula is C14H20N6O5S. The van der Waals surface area contributed by atoms with Gasteiger partial charge in [-0.1, -0.05) is 0 Å². The average molecular weight is 384 g/mol. The number of nitrogens with two attached hydrogens (primary N) is 2. The number of thioether (sulfide) groups is 1. The van der Waals surface area contributed by atoms with Gasteiger partial charge in [0.1, 0.15) is 42.4 Å². The van der Waals surface area contributed by atoms with Crippen molar-refractivity contribution in [3.8, 4) is 0 Å². The number of fused-ring (bicyclic) bond motifs is 1. The number of ether oxygens (including phenoxy) is 1. The summed E-state index contributed by atoms with van der Waals surface area (Å²) in [7, 11) is 0. The molecule has 1 aromatic rings. The van der Waals surface area contributed by atoms with Crippen molar-refractivity contribution >= 4 is 29.2 Å². The van der Waals surface area contributed by atoms with Gasteiger partial charge in [-0.25, -0.2) is 9.97 Å². The van der Waals surface area contributed by atoms with Gasteiger partial charge in [-0.05, 0) is 12.2 Å². The maximum absolute atomic E-state index is 10.7. The SMILES string of the molecule is Nc1ncnc2c1N=N[C@H]2[C@@H]1O[C@H](CSCCC(N)C(=O)O)[C@@H](O)[C@H]1O. The fraction of sp³-hybridized carbons (Fsp3) is 0.643. The van der Waals surface area contributed by atoms with E-state index < -0.39 is 42.5 Å². The number of hydrogen-bond acceptors (Lipinski definition) is 11. The van der Waals surface area contributed by atoms with Crippen molar-refractivity contribution in [2.24, 2.45) is 16.0 Å². The molecule has 12 heteroatoms. The Morgan fingerprint density at radius 2 is 2.12 bits per heavy atom. The Labute approximate surface area is 152 Å². The van der Waals surface area contributed by atoms with E-state index in [1.807, 2.05) is 0 Å². The van der Waals surface area contributed by atoms with Gasteiger partial charge in [0.2, 0.25) is 0 Å². The lowest BCUT2D eigenvalue weighted by atomic mass is 10.0. The zero-order chi connectivity index (χ0) is 18.8. The summed E-state index contributed by atoms with van der Waals surface area (Å²) in [6.45, 7) is 0. The molecule has 3 rings (SSSR count). The summed E-state index contributed by atoms with van der Waals surface area (Å²) in [5.41, 5.74) is 12.0. The predicted octanol–water partition coefficient (Wildman–Crippen LogP) is -0.778. The second-order valence-corrected chi connectivity index (χ2v) is 7.23. The van der Waals surface area contributed by atoms with Crippen molar-refractivity contribution in [1.29, 1.82) is 0 Å². The second-order valence-electron chi connectivity index (χ2n) is 6.08. The third-order valence-electron chi connectivity index (χ3n) is 4.32. The van der Waals surface area contributed by atoms with Gasteiger partial charge in [0, 0.05) is 5.75 Å². The number of aromatic nitrogens is 2. The minimum atomic E-state index is -1.16. The maximum atomic E-state index is 10.7. The van der Waals surface area contributed by atoms with E-state index in [1.54, 1.807) is 0 Å². The number of carbonyl (C=O) groups is 1. The Morgan fingerprint density at radius 3 is 2.85 bits per heavy atom.